The number of nitrogens with two attached hydrogens (primary N) is 1. The van der Waals surface area contributed by atoms with Crippen molar-refractivity contribution in [1.29, 1.82) is 0 Å². The highest BCUT2D eigenvalue weighted by atomic mass is 32.1. The molecule has 0 aliphatic heterocycles. The molecule has 3 N–H and O–H groups in total. The van der Waals surface area contributed by atoms with Gasteiger partial charge in [0.2, 0.25) is 0 Å². The molecule has 0 amide bonds. The van der Waals surface area contributed by atoms with E-state index in [-0.39, 0.29) is 16.2 Å². The zero-order valence-electron chi connectivity index (χ0n) is 7.03. The molecule has 6 heteroatoms. The number of hydrogen-bond acceptors (Lipinski definition) is 5. The van der Waals surface area contributed by atoms with Crippen molar-refractivity contribution < 1.29 is 9.53 Å². The average molecular weight is 199 g/mol. The SMILES string of the molecule is CCOC(=O)c1cnc(N)[nH]c1=S. The normalized spacial score (nSPS) is 9.62. The third-order valence-electron chi connectivity index (χ3n) is 1.31. The first-order valence-corrected chi connectivity index (χ1v) is 4.08. The van der Waals surface area contributed by atoms with Crippen molar-refractivity contribution in [3.05, 3.63) is 16.4 Å². The molecule has 1 heterocycles. The minimum atomic E-state index is -0.490. The van der Waals surface area contributed by atoms with Crippen LogP contribution in [0.3, 0.4) is 0 Å². The number of H-pyrrole nitrogens is 1. The lowest BCUT2D eigenvalue weighted by Crippen LogP contribution is -2.08. The van der Waals surface area contributed by atoms with E-state index in [4.69, 9.17) is 22.7 Å². The Morgan fingerprint density at radius 2 is 2.54 bits per heavy atom. The van der Waals surface area contributed by atoms with Gasteiger partial charge in [0.25, 0.3) is 0 Å². The molecular formula is C7H9N3O2S. The first-order chi connectivity index (χ1) is 6.15. The molecule has 0 saturated carbocycles. The molecular weight excluding hydrogens is 190 g/mol. The van der Waals surface area contributed by atoms with Gasteiger partial charge < -0.3 is 15.5 Å². The first-order valence-electron chi connectivity index (χ1n) is 3.67. The van der Waals surface area contributed by atoms with Gasteiger partial charge in [-0.3, -0.25) is 0 Å². The number of nitrogens with one attached hydrogen (secondary N) is 1. The van der Waals surface area contributed by atoms with Crippen molar-refractivity contribution in [3.63, 3.8) is 0 Å². The van der Waals surface area contributed by atoms with Crippen LogP contribution in [0.4, 0.5) is 5.95 Å². The molecule has 0 aliphatic carbocycles. The van der Waals surface area contributed by atoms with Gasteiger partial charge in [-0.05, 0) is 6.92 Å². The molecule has 5 nitrogen and oxygen atoms in total. The van der Waals surface area contributed by atoms with Crippen molar-refractivity contribution in [1.82, 2.24) is 9.97 Å². The third kappa shape index (κ3) is 2.25. The number of aromatic amines is 1. The summed E-state index contributed by atoms with van der Waals surface area (Å²) in [5.41, 5.74) is 5.54. The fourth-order valence-corrected chi connectivity index (χ4v) is 1.00. The number of esters is 1. The number of rotatable bonds is 2. The number of hydrogen-bond donors (Lipinski definition) is 2. The summed E-state index contributed by atoms with van der Waals surface area (Å²) >= 11 is 4.85. The maximum Gasteiger partial charge on any atom is 0.342 e. The molecule has 1 aromatic heterocycles. The van der Waals surface area contributed by atoms with E-state index >= 15 is 0 Å². The van der Waals surface area contributed by atoms with Crippen molar-refractivity contribution >= 4 is 24.1 Å². The highest BCUT2D eigenvalue weighted by molar-refractivity contribution is 7.71. The Morgan fingerprint density at radius 3 is 3.08 bits per heavy atom. The zero-order valence-corrected chi connectivity index (χ0v) is 7.85. The minimum absolute atomic E-state index is 0.179. The minimum Gasteiger partial charge on any atom is -0.462 e. The molecule has 0 bridgehead atoms. The third-order valence-corrected chi connectivity index (χ3v) is 1.64. The quantitative estimate of drug-likeness (QED) is 0.546. The van der Waals surface area contributed by atoms with Crippen molar-refractivity contribution in [2.24, 2.45) is 0 Å². The average Bonchev–Trinajstić information content (AvgIpc) is 2.04. The van der Waals surface area contributed by atoms with Gasteiger partial charge in [0.05, 0.1) is 6.61 Å². The van der Waals surface area contributed by atoms with Gasteiger partial charge in [-0.1, -0.05) is 12.2 Å². The molecule has 70 valence electrons. The summed E-state index contributed by atoms with van der Waals surface area (Å²) in [6.07, 6.45) is 1.30. The zero-order chi connectivity index (χ0) is 9.84. The summed E-state index contributed by atoms with van der Waals surface area (Å²) in [5, 5.41) is 0. The maximum atomic E-state index is 11.2. The number of nitrogen functional groups attached to an aromatic ring is 1. The summed E-state index contributed by atoms with van der Waals surface area (Å²) < 4.78 is 4.98. The lowest BCUT2D eigenvalue weighted by atomic mass is 10.3. The van der Waals surface area contributed by atoms with Crippen molar-refractivity contribution in [3.8, 4) is 0 Å². The molecule has 0 fully saturated rings. The highest BCUT2D eigenvalue weighted by Crippen LogP contribution is 2.02. The highest BCUT2D eigenvalue weighted by Gasteiger charge is 2.08. The molecule has 1 rings (SSSR count). The van der Waals surface area contributed by atoms with Crippen LogP contribution in [0.1, 0.15) is 17.3 Å². The second-order valence-corrected chi connectivity index (χ2v) is 2.64. The summed E-state index contributed by atoms with van der Waals surface area (Å²) in [6, 6.07) is 0. The molecule has 0 unspecified atom stereocenters. The van der Waals surface area contributed by atoms with E-state index in [9.17, 15) is 4.79 Å². The number of nitrogens with zero attached hydrogens (tertiary/aromatic N) is 1. The van der Waals surface area contributed by atoms with Crippen LogP contribution in [0.2, 0.25) is 0 Å². The maximum absolute atomic E-state index is 11.2. The number of ether oxygens (including phenoxy) is 1. The first kappa shape index (κ1) is 9.66. The molecule has 0 spiro atoms. The second kappa shape index (κ2) is 3.99. The Kier molecular flexibility index (Phi) is 2.97. The van der Waals surface area contributed by atoms with Crippen LogP contribution in [0.25, 0.3) is 0 Å². The van der Waals surface area contributed by atoms with E-state index in [1.807, 2.05) is 0 Å². The van der Waals surface area contributed by atoms with Crippen molar-refractivity contribution in [2.45, 2.75) is 6.92 Å². The summed E-state index contributed by atoms with van der Waals surface area (Å²) in [6.45, 7) is 2.02. The molecule has 0 atom stereocenters. The Morgan fingerprint density at radius 1 is 1.85 bits per heavy atom. The van der Waals surface area contributed by atoms with Crippen LogP contribution in [0.15, 0.2) is 6.20 Å². The number of aromatic nitrogens is 2. The predicted molar refractivity (Wildman–Crippen MR) is 49.8 cm³/mol. The van der Waals surface area contributed by atoms with Gasteiger partial charge in [0.15, 0.2) is 5.95 Å². The van der Waals surface area contributed by atoms with E-state index in [1.165, 1.54) is 6.20 Å². The Hall–Kier alpha value is -1.43. The number of carbonyl (C=O) groups is 1. The number of carbonyl (C=O) groups excluding carboxylic acids is 1. The fraction of sp³-hybridized carbons (Fsp3) is 0.286. The monoisotopic (exact) mass is 199 g/mol. The largest absolute Gasteiger partial charge is 0.462 e. The lowest BCUT2D eigenvalue weighted by Gasteiger charge is -2.01. The van der Waals surface area contributed by atoms with E-state index in [0.29, 0.717) is 6.61 Å². The molecule has 13 heavy (non-hydrogen) atoms. The summed E-state index contributed by atoms with van der Waals surface area (Å²) in [4.78, 5) is 17.4. The Bertz CT molecular complexity index is 374. The van der Waals surface area contributed by atoms with Gasteiger partial charge in [0.1, 0.15) is 10.2 Å². The topological polar surface area (TPSA) is 81.0 Å². The van der Waals surface area contributed by atoms with Gasteiger partial charge in [0, 0.05) is 6.20 Å². The number of anilines is 1. The van der Waals surface area contributed by atoms with E-state index in [1.54, 1.807) is 6.92 Å². The fourth-order valence-electron chi connectivity index (χ4n) is 0.763. The molecule has 0 saturated heterocycles. The van der Waals surface area contributed by atoms with Crippen LogP contribution in [0.5, 0.6) is 0 Å². The summed E-state index contributed by atoms with van der Waals surface area (Å²) in [5.74, 6) is -0.311. The smallest absolute Gasteiger partial charge is 0.342 e. The Balaban J connectivity index is 3.02. The van der Waals surface area contributed by atoms with Crippen LogP contribution in [-0.2, 0) is 4.74 Å². The van der Waals surface area contributed by atoms with Gasteiger partial charge in [-0.2, -0.15) is 0 Å². The summed E-state index contributed by atoms with van der Waals surface area (Å²) in [7, 11) is 0. The Labute approximate surface area is 79.9 Å². The predicted octanol–water partition coefficient (Wildman–Crippen LogP) is 0.898. The standard InChI is InChI=1S/C7H9N3O2S/c1-2-12-6(11)4-3-9-7(8)10-5(4)13/h3H,2H2,1H3,(H3,8,9,10,13). The van der Waals surface area contributed by atoms with Crippen LogP contribution < -0.4 is 5.73 Å². The van der Waals surface area contributed by atoms with Crippen LogP contribution in [-0.4, -0.2) is 22.5 Å². The molecule has 1 aromatic rings. The second-order valence-electron chi connectivity index (χ2n) is 2.23. The molecule has 0 aromatic carbocycles. The van der Waals surface area contributed by atoms with Gasteiger partial charge >= 0.3 is 5.97 Å². The van der Waals surface area contributed by atoms with E-state index in [2.05, 4.69) is 9.97 Å². The van der Waals surface area contributed by atoms with E-state index < -0.39 is 5.97 Å². The van der Waals surface area contributed by atoms with Gasteiger partial charge in [-0.25, -0.2) is 9.78 Å². The van der Waals surface area contributed by atoms with Crippen LogP contribution in [0, 0.1) is 4.64 Å². The lowest BCUT2D eigenvalue weighted by molar-refractivity contribution is 0.0525. The molecule has 0 aliphatic rings. The van der Waals surface area contributed by atoms with E-state index in [0.717, 1.165) is 0 Å². The van der Waals surface area contributed by atoms with Gasteiger partial charge in [-0.15, -0.1) is 0 Å². The van der Waals surface area contributed by atoms with Crippen molar-refractivity contribution in [2.75, 3.05) is 12.3 Å². The van der Waals surface area contributed by atoms with Crippen LogP contribution >= 0.6 is 12.2 Å². The molecule has 0 radical (unpaired) electrons.